The van der Waals surface area contributed by atoms with E-state index >= 15 is 0 Å². The summed E-state index contributed by atoms with van der Waals surface area (Å²) in [6.45, 7) is 3.81. The van der Waals surface area contributed by atoms with Gasteiger partial charge in [0, 0.05) is 25.2 Å². The van der Waals surface area contributed by atoms with Crippen LogP contribution in [-0.4, -0.2) is 36.0 Å². The van der Waals surface area contributed by atoms with Gasteiger partial charge >= 0.3 is 0 Å². The molecule has 3 atom stereocenters. The summed E-state index contributed by atoms with van der Waals surface area (Å²) in [4.78, 5) is 15.0. The minimum absolute atomic E-state index is 0. The van der Waals surface area contributed by atoms with Gasteiger partial charge in [0.1, 0.15) is 0 Å². The second-order valence-corrected chi connectivity index (χ2v) is 7.04. The van der Waals surface area contributed by atoms with Crippen LogP contribution in [-0.2, 0) is 4.79 Å². The number of hydrogen-bond acceptors (Lipinski definition) is 2. The fraction of sp³-hybridized carbons (Fsp3) is 0.450. The van der Waals surface area contributed by atoms with Crippen LogP contribution in [0, 0.1) is 0 Å². The van der Waals surface area contributed by atoms with E-state index < -0.39 is 0 Å². The summed E-state index contributed by atoms with van der Waals surface area (Å²) < 4.78 is 0. The minimum Gasteiger partial charge on any atom is -0.341 e. The number of likely N-dealkylation sites (tertiary alicyclic amines) is 1. The van der Waals surface area contributed by atoms with Gasteiger partial charge in [-0.15, -0.1) is 12.4 Å². The first-order valence-corrected chi connectivity index (χ1v) is 8.74. The van der Waals surface area contributed by atoms with Crippen molar-refractivity contribution >= 4 is 29.1 Å². The zero-order valence-electron chi connectivity index (χ0n) is 14.1. The van der Waals surface area contributed by atoms with Crippen molar-refractivity contribution in [1.82, 2.24) is 10.2 Å². The maximum absolute atomic E-state index is 13.0. The van der Waals surface area contributed by atoms with Crippen LogP contribution in [0.1, 0.15) is 37.7 Å². The highest BCUT2D eigenvalue weighted by Crippen LogP contribution is 2.26. The van der Waals surface area contributed by atoms with E-state index in [-0.39, 0.29) is 24.2 Å². The van der Waals surface area contributed by atoms with Gasteiger partial charge in [-0.25, -0.2) is 0 Å². The summed E-state index contributed by atoms with van der Waals surface area (Å²) in [5, 5.41) is 6.08. The quantitative estimate of drug-likeness (QED) is 0.900. The average molecular weight is 345 g/mol. The first-order chi connectivity index (χ1) is 11.2. The molecule has 0 aromatic heterocycles. The number of carbonyl (C=O) groups excluding carboxylic acids is 1. The lowest BCUT2D eigenvalue weighted by Gasteiger charge is -2.27. The molecule has 3 nitrogen and oxygen atoms in total. The third kappa shape index (κ3) is 3.28. The average Bonchev–Trinajstić information content (AvgIpc) is 2.92. The summed E-state index contributed by atoms with van der Waals surface area (Å²) in [6, 6.07) is 15.8. The molecular weight excluding hydrogens is 320 g/mol. The molecular formula is C20H25ClN2O. The number of hydrogen-bond donors (Lipinski definition) is 1. The fourth-order valence-corrected chi connectivity index (χ4v) is 4.04. The van der Waals surface area contributed by atoms with Crippen molar-refractivity contribution in [3.63, 3.8) is 0 Å². The Balaban J connectivity index is 0.00000169. The maximum Gasteiger partial charge on any atom is 0.229 e. The lowest BCUT2D eigenvalue weighted by molar-refractivity contribution is -0.132. The van der Waals surface area contributed by atoms with Crippen molar-refractivity contribution in [2.45, 2.75) is 44.2 Å². The number of nitrogens with one attached hydrogen (secondary N) is 1. The van der Waals surface area contributed by atoms with Gasteiger partial charge in [-0.3, -0.25) is 4.79 Å². The van der Waals surface area contributed by atoms with Gasteiger partial charge in [0.05, 0.1) is 5.92 Å². The van der Waals surface area contributed by atoms with Gasteiger partial charge in [-0.2, -0.15) is 0 Å². The van der Waals surface area contributed by atoms with Crippen LogP contribution in [0.25, 0.3) is 10.8 Å². The van der Waals surface area contributed by atoms with Crippen molar-refractivity contribution in [3.8, 4) is 0 Å². The molecule has 0 saturated carbocycles. The lowest BCUT2D eigenvalue weighted by Crippen LogP contribution is -2.40. The Morgan fingerprint density at radius 3 is 2.67 bits per heavy atom. The Morgan fingerprint density at radius 1 is 1.08 bits per heavy atom. The zero-order valence-corrected chi connectivity index (χ0v) is 14.9. The van der Waals surface area contributed by atoms with Crippen molar-refractivity contribution in [3.05, 3.63) is 48.0 Å². The monoisotopic (exact) mass is 344 g/mol. The van der Waals surface area contributed by atoms with Crippen LogP contribution in [0.3, 0.4) is 0 Å². The van der Waals surface area contributed by atoms with E-state index in [9.17, 15) is 4.79 Å². The summed E-state index contributed by atoms with van der Waals surface area (Å²) >= 11 is 0. The summed E-state index contributed by atoms with van der Waals surface area (Å²) in [6.07, 6.45) is 3.57. The van der Waals surface area contributed by atoms with Gasteiger partial charge < -0.3 is 10.2 Å². The largest absolute Gasteiger partial charge is 0.341 e. The molecule has 4 heteroatoms. The van der Waals surface area contributed by atoms with E-state index in [1.165, 1.54) is 23.6 Å². The van der Waals surface area contributed by atoms with Crippen LogP contribution in [0.5, 0.6) is 0 Å². The smallest absolute Gasteiger partial charge is 0.229 e. The molecule has 4 rings (SSSR count). The third-order valence-electron chi connectivity index (χ3n) is 5.48. The molecule has 1 amide bonds. The Kier molecular flexibility index (Phi) is 5.12. The number of fused-ring (bicyclic) bond motifs is 3. The number of amides is 1. The maximum atomic E-state index is 13.0. The highest BCUT2D eigenvalue weighted by atomic mass is 35.5. The van der Waals surface area contributed by atoms with Gasteiger partial charge in [-0.1, -0.05) is 42.5 Å². The second kappa shape index (κ2) is 7.12. The van der Waals surface area contributed by atoms with Crippen molar-refractivity contribution in [1.29, 1.82) is 0 Å². The molecule has 3 unspecified atom stereocenters. The number of carbonyl (C=O) groups is 1. The summed E-state index contributed by atoms with van der Waals surface area (Å²) in [5.41, 5.74) is 1.12. The van der Waals surface area contributed by atoms with E-state index in [4.69, 9.17) is 0 Å². The fourth-order valence-electron chi connectivity index (χ4n) is 4.04. The first kappa shape index (κ1) is 17.2. The highest BCUT2D eigenvalue weighted by Gasteiger charge is 2.32. The predicted octanol–water partition coefficient (Wildman–Crippen LogP) is 3.72. The normalized spacial score (nSPS) is 24.3. The van der Waals surface area contributed by atoms with Crippen molar-refractivity contribution in [2.75, 3.05) is 13.1 Å². The first-order valence-electron chi connectivity index (χ1n) is 8.74. The zero-order chi connectivity index (χ0) is 15.8. The molecule has 2 aliphatic rings. The molecule has 2 heterocycles. The number of halogens is 1. The Hall–Kier alpha value is -1.58. The third-order valence-corrected chi connectivity index (χ3v) is 5.48. The van der Waals surface area contributed by atoms with Gasteiger partial charge in [0.2, 0.25) is 5.91 Å². The Morgan fingerprint density at radius 2 is 1.83 bits per heavy atom. The molecule has 1 N–H and O–H groups in total. The van der Waals surface area contributed by atoms with E-state index in [2.05, 4.69) is 52.7 Å². The molecule has 24 heavy (non-hydrogen) atoms. The lowest BCUT2D eigenvalue weighted by atomic mass is 9.96. The van der Waals surface area contributed by atoms with Crippen LogP contribution < -0.4 is 5.32 Å². The number of rotatable bonds is 2. The van der Waals surface area contributed by atoms with Crippen molar-refractivity contribution < 1.29 is 4.79 Å². The predicted molar refractivity (Wildman–Crippen MR) is 101 cm³/mol. The number of nitrogens with zero attached hydrogens (tertiary/aromatic N) is 1. The molecule has 2 aromatic rings. The molecule has 2 saturated heterocycles. The molecule has 2 aliphatic heterocycles. The molecule has 2 aromatic carbocycles. The SMILES string of the molecule is CC(C(=O)N1CCC2CCC(C1)N2)c1ccc2ccccc2c1.Cl. The minimum atomic E-state index is -0.0729. The van der Waals surface area contributed by atoms with E-state index in [0.29, 0.717) is 12.1 Å². The molecule has 0 spiro atoms. The van der Waals surface area contributed by atoms with Crippen molar-refractivity contribution in [2.24, 2.45) is 0 Å². The van der Waals surface area contributed by atoms with Gasteiger partial charge in [0.25, 0.3) is 0 Å². The molecule has 2 fully saturated rings. The van der Waals surface area contributed by atoms with Gasteiger partial charge in [-0.05, 0) is 42.5 Å². The number of benzene rings is 2. The Labute approximate surface area is 149 Å². The standard InChI is InChI=1S/C20H24N2O.ClH/c1-14(16-7-6-15-4-2-3-5-17(15)12-16)20(23)22-11-10-18-8-9-19(13-22)21-18;/h2-7,12,14,18-19,21H,8-11,13H2,1H3;1H. The Bertz CT molecular complexity index is 732. The summed E-state index contributed by atoms with van der Waals surface area (Å²) in [5.74, 6) is 0.200. The van der Waals surface area contributed by atoms with Crippen LogP contribution >= 0.6 is 12.4 Å². The molecule has 128 valence electrons. The van der Waals surface area contributed by atoms with Gasteiger partial charge in [0.15, 0.2) is 0 Å². The van der Waals surface area contributed by atoms with Crippen LogP contribution in [0.2, 0.25) is 0 Å². The second-order valence-electron chi connectivity index (χ2n) is 7.04. The van der Waals surface area contributed by atoms with E-state index in [1.807, 2.05) is 6.92 Å². The van der Waals surface area contributed by atoms with E-state index in [1.54, 1.807) is 0 Å². The van der Waals surface area contributed by atoms with Crippen LogP contribution in [0.15, 0.2) is 42.5 Å². The molecule has 0 radical (unpaired) electrons. The van der Waals surface area contributed by atoms with Crippen LogP contribution in [0.4, 0.5) is 0 Å². The van der Waals surface area contributed by atoms with E-state index in [0.717, 1.165) is 25.1 Å². The summed E-state index contributed by atoms with van der Waals surface area (Å²) in [7, 11) is 0. The molecule has 2 bridgehead atoms. The molecule has 0 aliphatic carbocycles. The topological polar surface area (TPSA) is 32.3 Å². The highest BCUT2D eigenvalue weighted by molar-refractivity contribution is 5.87.